The molecule has 152 valence electrons. The lowest BCUT2D eigenvalue weighted by Crippen LogP contribution is -2.37. The number of anilines is 1. The van der Waals surface area contributed by atoms with Crippen LogP contribution in [0.1, 0.15) is 96.4 Å². The summed E-state index contributed by atoms with van der Waals surface area (Å²) in [5.41, 5.74) is 1.02. The molecule has 0 saturated heterocycles. The lowest BCUT2D eigenvalue weighted by Gasteiger charge is -2.37. The van der Waals surface area contributed by atoms with E-state index in [1.165, 1.54) is 0 Å². The second-order valence-corrected chi connectivity index (χ2v) is 9.51. The highest BCUT2D eigenvalue weighted by molar-refractivity contribution is 5.91. The number of hydrogen-bond acceptors (Lipinski definition) is 2. The van der Waals surface area contributed by atoms with Gasteiger partial charge < -0.3 is 5.32 Å². The van der Waals surface area contributed by atoms with E-state index in [1.807, 2.05) is 25.5 Å². The van der Waals surface area contributed by atoms with Crippen molar-refractivity contribution in [2.75, 3.05) is 5.32 Å². The molecular formula is C21H33F2N3O. The third-order valence-electron chi connectivity index (χ3n) is 6.60. The Balaban J connectivity index is 1.93. The second kappa shape index (κ2) is 6.85. The van der Waals surface area contributed by atoms with Crippen molar-refractivity contribution >= 4 is 11.7 Å². The van der Waals surface area contributed by atoms with Gasteiger partial charge in [0.05, 0.1) is 11.7 Å². The summed E-state index contributed by atoms with van der Waals surface area (Å²) in [6.45, 7) is 10.0. The van der Waals surface area contributed by atoms with Gasteiger partial charge in [0.25, 0.3) is 0 Å². The molecule has 2 saturated carbocycles. The van der Waals surface area contributed by atoms with E-state index in [-0.39, 0.29) is 30.2 Å². The van der Waals surface area contributed by atoms with Crippen molar-refractivity contribution in [3.63, 3.8) is 0 Å². The number of amides is 1. The molecule has 0 aromatic carbocycles. The summed E-state index contributed by atoms with van der Waals surface area (Å²) >= 11 is 0. The summed E-state index contributed by atoms with van der Waals surface area (Å²) in [5.74, 6) is -1.97. The Hall–Kier alpha value is -1.46. The number of aromatic nitrogens is 2. The van der Waals surface area contributed by atoms with E-state index in [1.54, 1.807) is 0 Å². The number of hydrogen-bond donors (Lipinski definition) is 1. The van der Waals surface area contributed by atoms with Crippen LogP contribution in [0, 0.1) is 12.3 Å². The first kappa shape index (κ1) is 20.3. The first-order valence-electron chi connectivity index (χ1n) is 10.3. The number of carbonyl (C=O) groups excluding carboxylic acids is 1. The van der Waals surface area contributed by atoms with Gasteiger partial charge in [-0.1, -0.05) is 20.8 Å². The number of halogens is 2. The Labute approximate surface area is 161 Å². The minimum Gasteiger partial charge on any atom is -0.311 e. The first-order valence-corrected chi connectivity index (χ1v) is 10.3. The fourth-order valence-electron chi connectivity index (χ4n) is 4.37. The van der Waals surface area contributed by atoms with Gasteiger partial charge in [0.2, 0.25) is 11.8 Å². The Morgan fingerprint density at radius 3 is 2.48 bits per heavy atom. The zero-order chi connectivity index (χ0) is 20.0. The predicted octanol–water partition coefficient (Wildman–Crippen LogP) is 5.76. The Bertz CT molecular complexity index is 723. The molecule has 0 spiro atoms. The zero-order valence-corrected chi connectivity index (χ0v) is 17.3. The molecule has 2 fully saturated rings. The second-order valence-electron chi connectivity index (χ2n) is 9.51. The van der Waals surface area contributed by atoms with Crippen LogP contribution < -0.4 is 5.32 Å². The van der Waals surface area contributed by atoms with Gasteiger partial charge in [0.15, 0.2) is 0 Å². The third-order valence-corrected chi connectivity index (χ3v) is 6.60. The van der Waals surface area contributed by atoms with E-state index in [0.29, 0.717) is 25.1 Å². The summed E-state index contributed by atoms with van der Waals surface area (Å²) in [4.78, 5) is 12.6. The first-order chi connectivity index (χ1) is 12.5. The lowest BCUT2D eigenvalue weighted by molar-refractivity contribution is -0.117. The number of carbonyl (C=O) groups is 1. The summed E-state index contributed by atoms with van der Waals surface area (Å²) in [7, 11) is 0. The van der Waals surface area contributed by atoms with Gasteiger partial charge in [-0.3, -0.25) is 4.79 Å². The van der Waals surface area contributed by atoms with E-state index >= 15 is 0 Å². The van der Waals surface area contributed by atoms with Crippen LogP contribution in [0.25, 0.3) is 0 Å². The number of alkyl halides is 2. The molecule has 6 heteroatoms. The van der Waals surface area contributed by atoms with Crippen LogP contribution >= 0.6 is 0 Å². The molecule has 1 heterocycles. The largest absolute Gasteiger partial charge is 0.311 e. The average molecular weight is 382 g/mol. The van der Waals surface area contributed by atoms with E-state index in [0.717, 1.165) is 30.5 Å². The molecule has 2 aliphatic carbocycles. The molecule has 27 heavy (non-hydrogen) atoms. The lowest BCUT2D eigenvalue weighted by atomic mass is 9.71. The highest BCUT2D eigenvalue weighted by atomic mass is 19.3. The molecular weight excluding hydrogens is 348 g/mol. The number of nitrogens with zero attached hydrogens (tertiary/aromatic N) is 2. The van der Waals surface area contributed by atoms with E-state index in [4.69, 9.17) is 5.10 Å². The van der Waals surface area contributed by atoms with E-state index < -0.39 is 11.3 Å². The molecule has 0 radical (unpaired) electrons. The molecule has 2 atom stereocenters. The number of nitrogens with one attached hydrogen (secondary N) is 1. The van der Waals surface area contributed by atoms with E-state index in [9.17, 15) is 13.6 Å². The highest BCUT2D eigenvalue weighted by Crippen LogP contribution is 2.49. The zero-order valence-electron chi connectivity index (χ0n) is 17.3. The van der Waals surface area contributed by atoms with Gasteiger partial charge in [-0.15, -0.1) is 0 Å². The van der Waals surface area contributed by atoms with Crippen LogP contribution in [0.15, 0.2) is 0 Å². The SMILES string of the molecule is CCC(C)n1nc(C2(C)CCCC(F)(F)C2)c(C)c1NC(=O)CC1(C)CC1. The van der Waals surface area contributed by atoms with Crippen molar-refractivity contribution in [3.05, 3.63) is 11.3 Å². The van der Waals surface area contributed by atoms with E-state index in [2.05, 4.69) is 19.2 Å². The predicted molar refractivity (Wildman–Crippen MR) is 103 cm³/mol. The topological polar surface area (TPSA) is 46.9 Å². The van der Waals surface area contributed by atoms with Gasteiger partial charge in [0.1, 0.15) is 5.82 Å². The van der Waals surface area contributed by atoms with Crippen LogP contribution in [-0.2, 0) is 10.2 Å². The third kappa shape index (κ3) is 4.19. The van der Waals surface area contributed by atoms with Crippen molar-refractivity contribution in [3.8, 4) is 0 Å². The fourth-order valence-corrected chi connectivity index (χ4v) is 4.37. The summed E-state index contributed by atoms with van der Waals surface area (Å²) in [6, 6.07) is 0.0944. The molecule has 3 rings (SSSR count). The van der Waals surface area contributed by atoms with Crippen molar-refractivity contribution in [2.24, 2.45) is 5.41 Å². The van der Waals surface area contributed by atoms with Gasteiger partial charge >= 0.3 is 0 Å². The maximum Gasteiger partial charge on any atom is 0.249 e. The molecule has 0 aliphatic heterocycles. The molecule has 1 amide bonds. The Kier molecular flexibility index (Phi) is 5.15. The monoisotopic (exact) mass is 381 g/mol. The molecule has 1 aromatic heterocycles. The Morgan fingerprint density at radius 1 is 1.26 bits per heavy atom. The molecule has 0 bridgehead atoms. The Morgan fingerprint density at radius 2 is 1.93 bits per heavy atom. The van der Waals surface area contributed by atoms with Crippen molar-refractivity contribution < 1.29 is 13.6 Å². The molecule has 1 aromatic rings. The standard InChI is InChI=1S/C21H33F2N3O/c1-6-14(2)26-18(24-16(27)12-19(4)10-11-19)15(3)17(25-26)20(5)8-7-9-21(22,23)13-20/h14H,6-13H2,1-5H3,(H,24,27). The molecule has 2 unspecified atom stereocenters. The fraction of sp³-hybridized carbons (Fsp3) is 0.810. The smallest absolute Gasteiger partial charge is 0.249 e. The molecule has 1 N–H and O–H groups in total. The van der Waals surface area contributed by atoms with Gasteiger partial charge in [-0.05, 0) is 51.4 Å². The maximum absolute atomic E-state index is 14.1. The minimum absolute atomic E-state index is 0.00627. The van der Waals surface area contributed by atoms with Crippen LogP contribution in [0.3, 0.4) is 0 Å². The van der Waals surface area contributed by atoms with Gasteiger partial charge in [0, 0.05) is 30.2 Å². The van der Waals surface area contributed by atoms with Crippen LogP contribution in [0.4, 0.5) is 14.6 Å². The van der Waals surface area contributed by atoms with Crippen LogP contribution in [0.5, 0.6) is 0 Å². The van der Waals surface area contributed by atoms with Gasteiger partial charge in [-0.2, -0.15) is 5.10 Å². The normalized spacial score (nSPS) is 27.2. The van der Waals surface area contributed by atoms with Crippen LogP contribution in [0.2, 0.25) is 0 Å². The van der Waals surface area contributed by atoms with Gasteiger partial charge in [-0.25, -0.2) is 13.5 Å². The minimum atomic E-state index is -2.65. The quantitative estimate of drug-likeness (QED) is 0.681. The molecule has 2 aliphatic rings. The summed E-state index contributed by atoms with van der Waals surface area (Å²) < 4.78 is 30.1. The summed E-state index contributed by atoms with van der Waals surface area (Å²) in [6.07, 6.45) is 4.51. The highest BCUT2D eigenvalue weighted by Gasteiger charge is 2.46. The van der Waals surface area contributed by atoms with Crippen molar-refractivity contribution in [1.29, 1.82) is 0 Å². The average Bonchev–Trinajstić information content (AvgIpc) is 3.18. The summed E-state index contributed by atoms with van der Waals surface area (Å²) in [5, 5.41) is 7.84. The van der Waals surface area contributed by atoms with Crippen molar-refractivity contribution in [2.45, 2.75) is 103 Å². The van der Waals surface area contributed by atoms with Crippen LogP contribution in [-0.4, -0.2) is 21.6 Å². The number of rotatable bonds is 6. The maximum atomic E-state index is 14.1. The van der Waals surface area contributed by atoms with Crippen molar-refractivity contribution in [1.82, 2.24) is 9.78 Å². The molecule has 4 nitrogen and oxygen atoms in total.